The lowest BCUT2D eigenvalue weighted by molar-refractivity contribution is 0.555. The van der Waals surface area contributed by atoms with E-state index in [1.807, 2.05) is 6.33 Å². The Kier molecular flexibility index (Phi) is 16.1. The molecule has 0 amide bonds. The van der Waals surface area contributed by atoms with Gasteiger partial charge in [0.2, 0.25) is 0 Å². The number of rotatable bonds is 22. The van der Waals surface area contributed by atoms with Gasteiger partial charge in [-0.2, -0.15) is 0 Å². The number of H-pyrrole nitrogens is 1. The highest BCUT2D eigenvalue weighted by molar-refractivity contribution is 5.79. The summed E-state index contributed by atoms with van der Waals surface area (Å²) in [6.45, 7) is 4.59. The first-order valence-electron chi connectivity index (χ1n) is 14.8. The molecule has 33 heavy (non-hydrogen) atoms. The number of hydrogen-bond donors (Lipinski definition) is 1. The Labute approximate surface area is 205 Å². The van der Waals surface area contributed by atoms with Gasteiger partial charge in [0.25, 0.3) is 0 Å². The molecule has 0 unspecified atom stereocenters. The van der Waals surface area contributed by atoms with E-state index < -0.39 is 0 Å². The van der Waals surface area contributed by atoms with E-state index in [1.54, 1.807) is 0 Å². The second kappa shape index (κ2) is 19.0. The second-order valence-corrected chi connectivity index (χ2v) is 10.4. The molecule has 2 heteroatoms. The van der Waals surface area contributed by atoms with Crippen molar-refractivity contribution in [2.24, 2.45) is 0 Å². The van der Waals surface area contributed by atoms with Gasteiger partial charge in [-0.3, -0.25) is 0 Å². The third kappa shape index (κ3) is 12.6. The number of fused-ring (bicyclic) bond motifs is 1. The monoisotopic (exact) mass is 454 g/mol. The predicted octanol–water partition coefficient (Wildman–Crippen LogP) is 10.5. The van der Waals surface area contributed by atoms with Crippen LogP contribution in [0.25, 0.3) is 11.0 Å². The molecule has 0 saturated heterocycles. The largest absolute Gasteiger partial charge is 0.344 e. The molecular weight excluding hydrogens is 400 g/mol. The molecule has 0 aliphatic rings. The fourth-order valence-electron chi connectivity index (χ4n) is 5.15. The minimum atomic E-state index is 1.17. The Balaban J connectivity index is 1.60. The Hall–Kier alpha value is -1.31. The molecule has 188 valence electrons. The van der Waals surface area contributed by atoms with Crippen molar-refractivity contribution in [2.75, 3.05) is 0 Å². The fraction of sp³-hybridized carbons (Fsp3) is 0.774. The van der Waals surface area contributed by atoms with Gasteiger partial charge in [-0.1, -0.05) is 135 Å². The average Bonchev–Trinajstić information content (AvgIpc) is 3.30. The molecule has 0 fully saturated rings. The maximum absolute atomic E-state index is 4.58. The minimum absolute atomic E-state index is 1.17. The van der Waals surface area contributed by atoms with E-state index in [4.69, 9.17) is 0 Å². The molecule has 0 spiro atoms. The van der Waals surface area contributed by atoms with Crippen LogP contribution in [-0.2, 0) is 12.8 Å². The summed E-state index contributed by atoms with van der Waals surface area (Å²) in [4.78, 5) is 7.98. The van der Waals surface area contributed by atoms with E-state index in [0.29, 0.717) is 0 Å². The lowest BCUT2D eigenvalue weighted by atomic mass is 9.98. The number of aromatic nitrogens is 2. The van der Waals surface area contributed by atoms with Gasteiger partial charge in [-0.15, -0.1) is 0 Å². The number of unbranched alkanes of at least 4 members (excludes halogenated alkanes) is 18. The van der Waals surface area contributed by atoms with Crippen LogP contribution in [0.5, 0.6) is 0 Å². The van der Waals surface area contributed by atoms with Gasteiger partial charge in [-0.05, 0) is 42.9 Å². The van der Waals surface area contributed by atoms with E-state index >= 15 is 0 Å². The van der Waals surface area contributed by atoms with Gasteiger partial charge in [0.1, 0.15) is 0 Å². The zero-order chi connectivity index (χ0) is 23.4. The quantitative estimate of drug-likeness (QED) is 0.176. The highest BCUT2D eigenvalue weighted by atomic mass is 14.9. The summed E-state index contributed by atoms with van der Waals surface area (Å²) in [5, 5.41) is 0. The molecule has 0 atom stereocenters. The number of aryl methyl sites for hydroxylation is 2. The minimum Gasteiger partial charge on any atom is -0.344 e. The summed E-state index contributed by atoms with van der Waals surface area (Å²) in [6, 6.07) is 4.80. The van der Waals surface area contributed by atoms with E-state index in [9.17, 15) is 0 Å². The summed E-state index contributed by atoms with van der Waals surface area (Å²) in [6.07, 6.45) is 32.4. The lowest BCUT2D eigenvalue weighted by Gasteiger charge is -2.08. The molecule has 1 N–H and O–H groups in total. The van der Waals surface area contributed by atoms with Crippen molar-refractivity contribution < 1.29 is 0 Å². The molecular formula is C31H54N2. The first kappa shape index (κ1) is 27.9. The maximum atomic E-state index is 4.58. The molecule has 0 aliphatic heterocycles. The van der Waals surface area contributed by atoms with Gasteiger partial charge in [-0.25, -0.2) is 4.98 Å². The molecule has 1 heterocycles. The van der Waals surface area contributed by atoms with Crippen molar-refractivity contribution in [3.8, 4) is 0 Å². The van der Waals surface area contributed by atoms with Crippen molar-refractivity contribution in [2.45, 2.75) is 155 Å². The summed E-state index contributed by atoms with van der Waals surface area (Å²) in [5.74, 6) is 0. The van der Waals surface area contributed by atoms with Crippen LogP contribution in [0.3, 0.4) is 0 Å². The van der Waals surface area contributed by atoms with E-state index in [2.05, 4.69) is 35.9 Å². The molecule has 0 bridgehead atoms. The standard InChI is InChI=1S/C31H54N2/c1-3-5-7-9-11-13-15-17-19-21-23-28-25-29(31-30(26-28)32-27-33-31)24-22-20-18-16-14-12-10-8-6-4-2/h25-27H,3-24H2,1-2H3,(H,32,33). The highest BCUT2D eigenvalue weighted by Crippen LogP contribution is 2.22. The predicted molar refractivity (Wildman–Crippen MR) is 147 cm³/mol. The third-order valence-electron chi connectivity index (χ3n) is 7.29. The van der Waals surface area contributed by atoms with Gasteiger partial charge >= 0.3 is 0 Å². The van der Waals surface area contributed by atoms with E-state index in [-0.39, 0.29) is 0 Å². The van der Waals surface area contributed by atoms with Crippen molar-refractivity contribution in [3.05, 3.63) is 29.6 Å². The van der Waals surface area contributed by atoms with Crippen LogP contribution >= 0.6 is 0 Å². The normalized spacial score (nSPS) is 11.6. The van der Waals surface area contributed by atoms with Gasteiger partial charge in [0.15, 0.2) is 0 Å². The van der Waals surface area contributed by atoms with Crippen LogP contribution in [0.4, 0.5) is 0 Å². The topological polar surface area (TPSA) is 28.7 Å². The van der Waals surface area contributed by atoms with Crippen LogP contribution in [0.1, 0.15) is 153 Å². The van der Waals surface area contributed by atoms with Crippen LogP contribution in [0.2, 0.25) is 0 Å². The molecule has 0 radical (unpaired) electrons. The second-order valence-electron chi connectivity index (χ2n) is 10.4. The van der Waals surface area contributed by atoms with Crippen molar-refractivity contribution in [1.29, 1.82) is 0 Å². The molecule has 0 aliphatic carbocycles. The lowest BCUT2D eigenvalue weighted by Crippen LogP contribution is -1.94. The van der Waals surface area contributed by atoms with Gasteiger partial charge in [0.05, 0.1) is 17.4 Å². The molecule has 2 rings (SSSR count). The van der Waals surface area contributed by atoms with Crippen LogP contribution in [0.15, 0.2) is 18.5 Å². The molecule has 1 aromatic carbocycles. The molecule has 2 aromatic rings. The van der Waals surface area contributed by atoms with Gasteiger partial charge < -0.3 is 4.98 Å². The van der Waals surface area contributed by atoms with Gasteiger partial charge in [0, 0.05) is 0 Å². The Morgan fingerprint density at radius 2 is 1.00 bits per heavy atom. The number of benzene rings is 1. The zero-order valence-electron chi connectivity index (χ0n) is 22.2. The summed E-state index contributed by atoms with van der Waals surface area (Å²) in [7, 11) is 0. The maximum Gasteiger partial charge on any atom is 0.0931 e. The van der Waals surface area contributed by atoms with Crippen LogP contribution in [-0.4, -0.2) is 9.97 Å². The SMILES string of the molecule is CCCCCCCCCCCCc1cc(CCCCCCCCCCCC)c2[nH]cnc2c1. The molecule has 2 nitrogen and oxygen atoms in total. The number of imidazole rings is 1. The number of aromatic amines is 1. The van der Waals surface area contributed by atoms with E-state index in [1.165, 1.54) is 163 Å². The first-order valence-corrected chi connectivity index (χ1v) is 14.8. The summed E-state index contributed by atoms with van der Waals surface area (Å²) >= 11 is 0. The highest BCUT2D eigenvalue weighted by Gasteiger charge is 2.07. The Bertz CT molecular complexity index is 702. The van der Waals surface area contributed by atoms with Crippen LogP contribution in [0, 0.1) is 0 Å². The van der Waals surface area contributed by atoms with E-state index in [0.717, 1.165) is 0 Å². The van der Waals surface area contributed by atoms with Crippen molar-refractivity contribution in [3.63, 3.8) is 0 Å². The number of hydrogen-bond acceptors (Lipinski definition) is 1. The summed E-state index contributed by atoms with van der Waals surface area (Å²) in [5.41, 5.74) is 5.43. The smallest absolute Gasteiger partial charge is 0.0931 e. The Morgan fingerprint density at radius 1 is 0.545 bits per heavy atom. The first-order chi connectivity index (χ1) is 16.3. The zero-order valence-corrected chi connectivity index (χ0v) is 22.2. The fourth-order valence-corrected chi connectivity index (χ4v) is 5.15. The average molecular weight is 455 g/mol. The third-order valence-corrected chi connectivity index (χ3v) is 7.29. The summed E-state index contributed by atoms with van der Waals surface area (Å²) < 4.78 is 0. The van der Waals surface area contributed by atoms with Crippen molar-refractivity contribution in [1.82, 2.24) is 9.97 Å². The number of nitrogens with zero attached hydrogens (tertiary/aromatic N) is 1. The molecule has 0 saturated carbocycles. The Morgan fingerprint density at radius 3 is 1.52 bits per heavy atom. The van der Waals surface area contributed by atoms with Crippen LogP contribution < -0.4 is 0 Å². The number of nitrogens with one attached hydrogen (secondary N) is 1. The van der Waals surface area contributed by atoms with Crippen molar-refractivity contribution >= 4 is 11.0 Å². The molecule has 1 aromatic heterocycles.